The van der Waals surface area contributed by atoms with Crippen LogP contribution in [0.3, 0.4) is 0 Å². The van der Waals surface area contributed by atoms with Gasteiger partial charge in [0.15, 0.2) is 11.5 Å². The fraction of sp³-hybridized carbons (Fsp3) is 0.235. The van der Waals surface area contributed by atoms with Crippen molar-refractivity contribution in [3.63, 3.8) is 0 Å². The number of ether oxygens (including phenoxy) is 2. The number of urea groups is 1. The maximum absolute atomic E-state index is 13.7. The van der Waals surface area contributed by atoms with Crippen LogP contribution in [-0.4, -0.2) is 31.2 Å². The third-order valence-electron chi connectivity index (χ3n) is 3.56. The van der Waals surface area contributed by atoms with Crippen molar-refractivity contribution in [1.29, 1.82) is 0 Å². The maximum Gasteiger partial charge on any atom is 0.321 e. The van der Waals surface area contributed by atoms with Crippen molar-refractivity contribution in [2.75, 3.05) is 25.6 Å². The molecule has 7 heteroatoms. The number of nitrogens with one attached hydrogen (secondary N) is 1. The first-order valence-electron chi connectivity index (χ1n) is 7.38. The van der Waals surface area contributed by atoms with Crippen molar-refractivity contribution in [3.8, 4) is 11.5 Å². The summed E-state index contributed by atoms with van der Waals surface area (Å²) in [6.07, 6.45) is 0. The highest BCUT2D eigenvalue weighted by molar-refractivity contribution is 5.89. The van der Waals surface area contributed by atoms with Crippen LogP contribution < -0.4 is 14.8 Å². The molecule has 0 spiro atoms. The summed E-state index contributed by atoms with van der Waals surface area (Å²) in [5.74, 6) is -0.152. The number of amides is 2. The summed E-state index contributed by atoms with van der Waals surface area (Å²) in [5, 5.41) is 2.70. The zero-order valence-corrected chi connectivity index (χ0v) is 13.0. The molecule has 0 aliphatic carbocycles. The Hall–Kier alpha value is -2.83. The van der Waals surface area contributed by atoms with Crippen LogP contribution in [0.4, 0.5) is 19.3 Å². The van der Waals surface area contributed by atoms with E-state index in [1.807, 2.05) is 0 Å². The summed E-state index contributed by atoms with van der Waals surface area (Å²) in [7, 11) is 1.52. The van der Waals surface area contributed by atoms with Crippen molar-refractivity contribution in [2.45, 2.75) is 6.54 Å². The van der Waals surface area contributed by atoms with E-state index in [1.54, 1.807) is 18.2 Å². The quantitative estimate of drug-likeness (QED) is 0.936. The standard InChI is InChI=1S/C17H16F2N2O3/c1-21(10-11-2-3-12(18)8-14(11)19)17(22)20-13-4-5-15-16(9-13)24-7-6-23-15/h2-5,8-9H,6-7,10H2,1H3,(H,20,22). The molecule has 24 heavy (non-hydrogen) atoms. The minimum atomic E-state index is -0.686. The van der Waals surface area contributed by atoms with E-state index < -0.39 is 17.7 Å². The number of hydrogen-bond donors (Lipinski definition) is 1. The van der Waals surface area contributed by atoms with E-state index in [2.05, 4.69) is 5.32 Å². The summed E-state index contributed by atoms with van der Waals surface area (Å²) >= 11 is 0. The SMILES string of the molecule is CN(Cc1ccc(F)cc1F)C(=O)Nc1ccc2c(c1)OCCO2. The Labute approximate surface area is 137 Å². The van der Waals surface area contributed by atoms with Gasteiger partial charge in [-0.2, -0.15) is 0 Å². The Morgan fingerprint density at radius 1 is 1.12 bits per heavy atom. The molecule has 0 bridgehead atoms. The monoisotopic (exact) mass is 334 g/mol. The lowest BCUT2D eigenvalue weighted by Gasteiger charge is -2.21. The van der Waals surface area contributed by atoms with Gasteiger partial charge in [0, 0.05) is 37.0 Å². The number of hydrogen-bond acceptors (Lipinski definition) is 3. The summed E-state index contributed by atoms with van der Waals surface area (Å²) in [4.78, 5) is 13.5. The normalized spacial score (nSPS) is 12.6. The molecule has 0 fully saturated rings. The van der Waals surface area contributed by atoms with Crippen LogP contribution in [0.25, 0.3) is 0 Å². The molecule has 1 aliphatic heterocycles. The van der Waals surface area contributed by atoms with Gasteiger partial charge in [-0.15, -0.1) is 0 Å². The van der Waals surface area contributed by atoms with Crippen molar-refractivity contribution in [3.05, 3.63) is 53.6 Å². The summed E-state index contributed by atoms with van der Waals surface area (Å²) in [6.45, 7) is 0.960. The van der Waals surface area contributed by atoms with Gasteiger partial charge in [-0.1, -0.05) is 6.07 Å². The Morgan fingerprint density at radius 2 is 1.88 bits per heavy atom. The fourth-order valence-electron chi connectivity index (χ4n) is 2.32. The smallest absolute Gasteiger partial charge is 0.321 e. The molecule has 5 nitrogen and oxygen atoms in total. The van der Waals surface area contributed by atoms with Gasteiger partial charge in [0.25, 0.3) is 0 Å². The van der Waals surface area contributed by atoms with Crippen LogP contribution >= 0.6 is 0 Å². The van der Waals surface area contributed by atoms with Gasteiger partial charge < -0.3 is 19.7 Å². The highest BCUT2D eigenvalue weighted by atomic mass is 19.1. The van der Waals surface area contributed by atoms with Crippen molar-refractivity contribution in [1.82, 2.24) is 4.90 Å². The molecule has 2 aromatic rings. The Morgan fingerprint density at radius 3 is 2.62 bits per heavy atom. The largest absolute Gasteiger partial charge is 0.486 e. The number of rotatable bonds is 3. The fourth-order valence-corrected chi connectivity index (χ4v) is 2.32. The molecule has 0 radical (unpaired) electrons. The number of fused-ring (bicyclic) bond motifs is 1. The Bertz CT molecular complexity index is 767. The zero-order valence-electron chi connectivity index (χ0n) is 13.0. The number of halogens is 2. The third kappa shape index (κ3) is 3.56. The molecule has 0 atom stereocenters. The van der Waals surface area contributed by atoms with Crippen LogP contribution in [0.15, 0.2) is 36.4 Å². The average molecular weight is 334 g/mol. The van der Waals surface area contributed by atoms with E-state index >= 15 is 0 Å². The Balaban J connectivity index is 1.65. The molecule has 2 aromatic carbocycles. The van der Waals surface area contributed by atoms with E-state index in [0.717, 1.165) is 12.1 Å². The topological polar surface area (TPSA) is 50.8 Å². The summed E-state index contributed by atoms with van der Waals surface area (Å²) in [6, 6.07) is 7.92. The first-order chi connectivity index (χ1) is 11.5. The highest BCUT2D eigenvalue weighted by Gasteiger charge is 2.15. The van der Waals surface area contributed by atoms with Crippen LogP contribution in [0, 0.1) is 11.6 Å². The van der Waals surface area contributed by atoms with E-state index in [1.165, 1.54) is 18.0 Å². The molecular formula is C17H16F2N2O3. The molecule has 0 unspecified atom stereocenters. The third-order valence-corrected chi connectivity index (χ3v) is 3.56. The van der Waals surface area contributed by atoms with E-state index in [9.17, 15) is 13.6 Å². The molecule has 0 saturated carbocycles. The van der Waals surface area contributed by atoms with Gasteiger partial charge in [0.1, 0.15) is 24.8 Å². The van der Waals surface area contributed by atoms with Crippen LogP contribution in [0.1, 0.15) is 5.56 Å². The van der Waals surface area contributed by atoms with Crippen molar-refractivity contribution in [2.24, 2.45) is 0 Å². The lowest BCUT2D eigenvalue weighted by atomic mass is 10.2. The lowest BCUT2D eigenvalue weighted by molar-refractivity contribution is 0.171. The summed E-state index contributed by atoms with van der Waals surface area (Å²) in [5.41, 5.74) is 0.770. The number of anilines is 1. The van der Waals surface area contributed by atoms with Gasteiger partial charge >= 0.3 is 6.03 Å². The predicted molar refractivity (Wildman–Crippen MR) is 84.3 cm³/mol. The summed E-state index contributed by atoms with van der Waals surface area (Å²) < 4.78 is 37.4. The number of benzene rings is 2. The molecule has 0 aromatic heterocycles. The second-order valence-electron chi connectivity index (χ2n) is 5.38. The zero-order chi connectivity index (χ0) is 17.1. The number of carbonyl (C=O) groups excluding carboxylic acids is 1. The molecule has 1 N–H and O–H groups in total. The van der Waals surface area contributed by atoms with Gasteiger partial charge in [0.05, 0.1) is 0 Å². The van der Waals surface area contributed by atoms with Crippen LogP contribution in [0.5, 0.6) is 11.5 Å². The average Bonchev–Trinajstić information content (AvgIpc) is 2.57. The minimum absolute atomic E-state index is 0.0164. The second-order valence-corrected chi connectivity index (χ2v) is 5.38. The molecule has 126 valence electrons. The number of nitrogens with zero attached hydrogens (tertiary/aromatic N) is 1. The molecule has 3 rings (SSSR count). The lowest BCUT2D eigenvalue weighted by Crippen LogP contribution is -2.31. The predicted octanol–water partition coefficient (Wildman–Crippen LogP) is 3.40. The van der Waals surface area contributed by atoms with Crippen molar-refractivity contribution < 1.29 is 23.0 Å². The molecular weight excluding hydrogens is 318 g/mol. The second kappa shape index (κ2) is 6.74. The molecule has 2 amide bonds. The highest BCUT2D eigenvalue weighted by Crippen LogP contribution is 2.32. The Kier molecular flexibility index (Phi) is 4.50. The molecule has 0 saturated heterocycles. The van der Waals surface area contributed by atoms with Crippen LogP contribution in [0.2, 0.25) is 0 Å². The van der Waals surface area contributed by atoms with Gasteiger partial charge in [-0.05, 0) is 18.2 Å². The van der Waals surface area contributed by atoms with E-state index in [0.29, 0.717) is 30.4 Å². The van der Waals surface area contributed by atoms with Gasteiger partial charge in [0.2, 0.25) is 0 Å². The van der Waals surface area contributed by atoms with E-state index in [4.69, 9.17) is 9.47 Å². The maximum atomic E-state index is 13.7. The first kappa shape index (κ1) is 16.0. The van der Waals surface area contributed by atoms with Gasteiger partial charge in [-0.25, -0.2) is 13.6 Å². The van der Waals surface area contributed by atoms with Gasteiger partial charge in [-0.3, -0.25) is 0 Å². The molecule has 1 aliphatic rings. The number of carbonyl (C=O) groups is 1. The minimum Gasteiger partial charge on any atom is -0.486 e. The van der Waals surface area contributed by atoms with Crippen LogP contribution in [-0.2, 0) is 6.54 Å². The molecule has 1 heterocycles. The van der Waals surface area contributed by atoms with E-state index in [-0.39, 0.29) is 12.1 Å². The first-order valence-corrected chi connectivity index (χ1v) is 7.38. The van der Waals surface area contributed by atoms with Crippen molar-refractivity contribution >= 4 is 11.7 Å².